The van der Waals surface area contributed by atoms with Gasteiger partial charge in [-0.3, -0.25) is 14.4 Å². The van der Waals surface area contributed by atoms with Crippen LogP contribution in [0.2, 0.25) is 5.02 Å². The highest BCUT2D eigenvalue weighted by molar-refractivity contribution is 7.12. The number of carbonyl (C=O) groups excluding carboxylic acids is 3. The topological polar surface area (TPSA) is 66.5 Å². The predicted octanol–water partition coefficient (Wildman–Crippen LogP) is 6.65. The van der Waals surface area contributed by atoms with E-state index in [1.54, 1.807) is 30.3 Å². The van der Waals surface area contributed by atoms with Crippen LogP contribution < -0.4 is 10.2 Å². The minimum Gasteiger partial charge on any atom is -0.352 e. The van der Waals surface area contributed by atoms with Gasteiger partial charge in [-0.2, -0.15) is 0 Å². The maximum Gasteiger partial charge on any atom is 0.238 e. The number of anilines is 2. The van der Waals surface area contributed by atoms with Gasteiger partial charge < -0.3 is 10.2 Å². The molecular formula is C32H23ClN2O3S. The SMILES string of the molecule is CC1=C[C@H]2N(c3ccccc31)[C@H](C(=O)c1ccccc1Cl)[C@@H](C(=O)c1cccs1)[C@]21C(=O)Nc2ccccc21. The Labute approximate surface area is 234 Å². The number of nitrogens with one attached hydrogen (secondary N) is 1. The number of ketones is 2. The molecule has 1 aromatic heterocycles. The molecule has 1 fully saturated rings. The Morgan fingerprint density at radius 2 is 1.67 bits per heavy atom. The van der Waals surface area contributed by atoms with E-state index in [0.29, 0.717) is 21.2 Å². The van der Waals surface area contributed by atoms with Crippen LogP contribution >= 0.6 is 22.9 Å². The summed E-state index contributed by atoms with van der Waals surface area (Å²) in [5, 5.41) is 5.22. The molecule has 0 radical (unpaired) electrons. The average Bonchev–Trinajstić information content (AvgIpc) is 3.66. The second-order valence-corrected chi connectivity index (χ2v) is 11.6. The number of Topliss-reactive ketones (excluding diaryl/α,β-unsaturated/α-hetero) is 2. The molecule has 1 N–H and O–H groups in total. The second-order valence-electron chi connectivity index (χ2n) is 10.2. The summed E-state index contributed by atoms with van der Waals surface area (Å²) in [6, 6.07) is 24.3. The van der Waals surface area contributed by atoms with Crippen molar-refractivity contribution < 1.29 is 14.4 Å². The van der Waals surface area contributed by atoms with Crippen LogP contribution in [0.5, 0.6) is 0 Å². The molecule has 4 aromatic rings. The summed E-state index contributed by atoms with van der Waals surface area (Å²) in [4.78, 5) is 46.1. The summed E-state index contributed by atoms with van der Waals surface area (Å²) in [5.74, 6) is -1.77. The normalized spacial score (nSPS) is 24.6. The van der Waals surface area contributed by atoms with Gasteiger partial charge >= 0.3 is 0 Å². The number of fused-ring (bicyclic) bond motifs is 6. The van der Waals surface area contributed by atoms with Gasteiger partial charge in [0, 0.05) is 22.5 Å². The third-order valence-corrected chi connectivity index (χ3v) is 9.55. The third kappa shape index (κ3) is 3.22. The van der Waals surface area contributed by atoms with Crippen molar-refractivity contribution in [1.82, 2.24) is 0 Å². The van der Waals surface area contributed by atoms with Crippen molar-refractivity contribution in [3.63, 3.8) is 0 Å². The van der Waals surface area contributed by atoms with Gasteiger partial charge in [0.1, 0.15) is 11.5 Å². The smallest absolute Gasteiger partial charge is 0.238 e. The highest BCUT2D eigenvalue weighted by Crippen LogP contribution is 2.59. The van der Waals surface area contributed by atoms with Crippen molar-refractivity contribution in [3.8, 4) is 0 Å². The van der Waals surface area contributed by atoms with E-state index in [1.165, 1.54) is 11.3 Å². The molecule has 3 aliphatic heterocycles. The second kappa shape index (κ2) is 8.76. The fraction of sp³-hybridized carbons (Fsp3) is 0.156. The van der Waals surface area contributed by atoms with Crippen molar-refractivity contribution in [3.05, 3.63) is 123 Å². The van der Waals surface area contributed by atoms with Gasteiger partial charge in [-0.05, 0) is 53.8 Å². The Bertz CT molecular complexity index is 1710. The lowest BCUT2D eigenvalue weighted by Crippen LogP contribution is -2.51. The molecule has 5 nitrogen and oxygen atoms in total. The number of carbonyl (C=O) groups is 3. The van der Waals surface area contributed by atoms with Crippen LogP contribution in [-0.4, -0.2) is 29.6 Å². The number of thiophene rings is 1. The summed E-state index contributed by atoms with van der Waals surface area (Å²) in [7, 11) is 0. The van der Waals surface area contributed by atoms with Gasteiger partial charge in [0.15, 0.2) is 11.6 Å². The number of nitrogens with zero attached hydrogens (tertiary/aromatic N) is 1. The van der Waals surface area contributed by atoms with Crippen molar-refractivity contribution in [2.75, 3.05) is 10.2 Å². The first kappa shape index (κ1) is 24.1. The van der Waals surface area contributed by atoms with Crippen molar-refractivity contribution >= 4 is 57.4 Å². The number of amides is 1. The number of allylic oxidation sites excluding steroid dienone is 1. The van der Waals surface area contributed by atoms with E-state index in [-0.39, 0.29) is 17.5 Å². The number of hydrogen-bond acceptors (Lipinski definition) is 5. The van der Waals surface area contributed by atoms with Crippen LogP contribution in [-0.2, 0) is 10.2 Å². The minimum absolute atomic E-state index is 0.222. The predicted molar refractivity (Wildman–Crippen MR) is 155 cm³/mol. The van der Waals surface area contributed by atoms with Gasteiger partial charge in [-0.15, -0.1) is 11.3 Å². The van der Waals surface area contributed by atoms with E-state index in [4.69, 9.17) is 11.6 Å². The molecule has 7 rings (SSSR count). The summed E-state index contributed by atoms with van der Waals surface area (Å²) < 4.78 is 0. The van der Waals surface area contributed by atoms with E-state index in [1.807, 2.05) is 71.8 Å². The average molecular weight is 551 g/mol. The number of hydrogen-bond donors (Lipinski definition) is 1. The van der Waals surface area contributed by atoms with E-state index >= 15 is 0 Å². The lowest BCUT2D eigenvalue weighted by atomic mass is 9.64. The Balaban J connectivity index is 1.57. The molecule has 1 spiro atoms. The molecule has 3 aliphatic rings. The fourth-order valence-electron chi connectivity index (χ4n) is 6.78. The summed E-state index contributed by atoms with van der Waals surface area (Å²) in [6.45, 7) is 2.02. The molecule has 0 aliphatic carbocycles. The lowest BCUT2D eigenvalue weighted by molar-refractivity contribution is -0.121. The lowest BCUT2D eigenvalue weighted by Gasteiger charge is -2.39. The Kier molecular flexibility index (Phi) is 5.41. The summed E-state index contributed by atoms with van der Waals surface area (Å²) in [6.07, 6.45) is 2.05. The summed E-state index contributed by atoms with van der Waals surface area (Å²) in [5.41, 5.74) is 3.20. The largest absolute Gasteiger partial charge is 0.352 e. The molecule has 4 atom stereocenters. The molecule has 192 valence electrons. The molecule has 1 saturated heterocycles. The van der Waals surface area contributed by atoms with Crippen LogP contribution in [0.15, 0.2) is 96.4 Å². The molecular weight excluding hydrogens is 528 g/mol. The molecule has 0 unspecified atom stereocenters. The maximum atomic E-state index is 14.6. The highest BCUT2D eigenvalue weighted by atomic mass is 35.5. The van der Waals surface area contributed by atoms with Crippen molar-refractivity contribution in [1.29, 1.82) is 0 Å². The minimum atomic E-state index is -1.33. The Morgan fingerprint density at radius 1 is 0.923 bits per heavy atom. The van der Waals surface area contributed by atoms with Crippen LogP contribution in [0, 0.1) is 5.92 Å². The third-order valence-electron chi connectivity index (χ3n) is 8.34. The highest BCUT2D eigenvalue weighted by Gasteiger charge is 2.70. The van der Waals surface area contributed by atoms with E-state index < -0.39 is 23.4 Å². The van der Waals surface area contributed by atoms with Gasteiger partial charge in [-0.25, -0.2) is 0 Å². The maximum absolute atomic E-state index is 14.6. The zero-order chi connectivity index (χ0) is 26.9. The molecule has 39 heavy (non-hydrogen) atoms. The zero-order valence-electron chi connectivity index (χ0n) is 20.9. The molecule has 4 heterocycles. The van der Waals surface area contributed by atoms with Crippen molar-refractivity contribution in [2.45, 2.75) is 24.4 Å². The monoisotopic (exact) mass is 550 g/mol. The zero-order valence-corrected chi connectivity index (χ0v) is 22.5. The molecule has 0 bridgehead atoms. The first-order valence-electron chi connectivity index (χ1n) is 12.8. The number of para-hydroxylation sites is 2. The van der Waals surface area contributed by atoms with Gasteiger partial charge in [0.2, 0.25) is 5.91 Å². The van der Waals surface area contributed by atoms with Crippen LogP contribution in [0.3, 0.4) is 0 Å². The van der Waals surface area contributed by atoms with Crippen LogP contribution in [0.25, 0.3) is 5.57 Å². The quantitative estimate of drug-likeness (QED) is 0.289. The van der Waals surface area contributed by atoms with Gasteiger partial charge in [0.05, 0.1) is 21.9 Å². The number of halogens is 1. The Hall–Kier alpha value is -4.00. The summed E-state index contributed by atoms with van der Waals surface area (Å²) >= 11 is 7.89. The van der Waals surface area contributed by atoms with Crippen LogP contribution in [0.1, 0.15) is 38.1 Å². The van der Waals surface area contributed by atoms with Crippen molar-refractivity contribution in [2.24, 2.45) is 5.92 Å². The van der Waals surface area contributed by atoms with Crippen LogP contribution in [0.4, 0.5) is 11.4 Å². The number of rotatable bonds is 4. The van der Waals surface area contributed by atoms with Gasteiger partial charge in [0.25, 0.3) is 0 Å². The molecule has 3 aromatic carbocycles. The first-order valence-corrected chi connectivity index (χ1v) is 14.0. The van der Waals surface area contributed by atoms with E-state index in [9.17, 15) is 14.4 Å². The molecule has 0 saturated carbocycles. The van der Waals surface area contributed by atoms with Gasteiger partial charge in [-0.1, -0.05) is 72.3 Å². The van der Waals surface area contributed by atoms with E-state index in [2.05, 4.69) is 11.4 Å². The Morgan fingerprint density at radius 3 is 2.46 bits per heavy atom. The molecule has 1 amide bonds. The standard InChI is InChI=1S/C32H23ClN2O3S/c1-18-17-26-32(21-11-4-6-13-23(21)34-31(32)38)27(30(37)25-15-8-16-39-25)28(29(36)20-10-2-5-12-22(20)33)35(26)24-14-7-3-9-19(18)24/h2-17,26-28H,1H3,(H,34,38)/t26-,27+,28+,32-/m1/s1. The molecule has 7 heteroatoms. The number of benzene rings is 3. The fourth-order valence-corrected chi connectivity index (χ4v) is 7.71. The first-order chi connectivity index (χ1) is 18.9. The van der Waals surface area contributed by atoms with E-state index in [0.717, 1.165) is 22.4 Å².